The lowest BCUT2D eigenvalue weighted by molar-refractivity contribution is 0.398. The van der Waals surface area contributed by atoms with Gasteiger partial charge in [0.15, 0.2) is 0 Å². The van der Waals surface area contributed by atoms with Crippen molar-refractivity contribution in [3.05, 3.63) is 42.3 Å². The Labute approximate surface area is 92.1 Å². The van der Waals surface area contributed by atoms with Gasteiger partial charge in [-0.25, -0.2) is 9.37 Å². The molecule has 0 saturated heterocycles. The average Bonchev–Trinajstić information content (AvgIpc) is 2.29. The van der Waals surface area contributed by atoms with Crippen LogP contribution in [0.15, 0.2) is 36.5 Å². The number of aromatic nitrogens is 1. The second-order valence-electron chi connectivity index (χ2n) is 3.25. The summed E-state index contributed by atoms with van der Waals surface area (Å²) in [7, 11) is 1.51. The van der Waals surface area contributed by atoms with E-state index in [-0.39, 0.29) is 5.75 Å². The molecule has 2 rings (SSSR count). The van der Waals surface area contributed by atoms with Crippen molar-refractivity contribution in [2.75, 3.05) is 7.11 Å². The molecule has 0 aliphatic heterocycles. The number of phenolic OH excluding ortho intramolecular Hbond substituents is 1. The lowest BCUT2D eigenvalue weighted by atomic mass is 10.1. The zero-order valence-corrected chi connectivity index (χ0v) is 8.64. The minimum atomic E-state index is -0.470. The third-order valence-corrected chi connectivity index (χ3v) is 2.21. The number of hydrogen-bond donors (Lipinski definition) is 1. The molecule has 0 saturated carbocycles. The molecule has 0 aliphatic carbocycles. The van der Waals surface area contributed by atoms with Gasteiger partial charge in [0.25, 0.3) is 0 Å². The van der Waals surface area contributed by atoms with Crippen LogP contribution in [0.5, 0.6) is 11.6 Å². The summed E-state index contributed by atoms with van der Waals surface area (Å²) in [5.41, 5.74) is 1.27. The Balaban J connectivity index is 2.49. The monoisotopic (exact) mass is 219 g/mol. The summed E-state index contributed by atoms with van der Waals surface area (Å²) < 4.78 is 17.8. The van der Waals surface area contributed by atoms with Crippen molar-refractivity contribution < 1.29 is 14.2 Å². The standard InChI is InChI=1S/C12H10FNO2/c1-16-12-6-8(4-5-14-12)10-3-2-9(13)7-11(10)15/h2-7,15H,1H3. The summed E-state index contributed by atoms with van der Waals surface area (Å²) in [5, 5.41) is 9.61. The maximum atomic E-state index is 12.8. The number of hydrogen-bond acceptors (Lipinski definition) is 3. The predicted octanol–water partition coefficient (Wildman–Crippen LogP) is 2.60. The van der Waals surface area contributed by atoms with E-state index in [1.807, 2.05) is 0 Å². The summed E-state index contributed by atoms with van der Waals surface area (Å²) in [4.78, 5) is 3.95. The molecule has 1 N–H and O–H groups in total. The van der Waals surface area contributed by atoms with Gasteiger partial charge >= 0.3 is 0 Å². The Hall–Kier alpha value is -2.10. The highest BCUT2D eigenvalue weighted by Gasteiger charge is 2.06. The van der Waals surface area contributed by atoms with Gasteiger partial charge in [0, 0.05) is 23.9 Å². The molecule has 0 bridgehead atoms. The molecule has 0 aliphatic rings. The highest BCUT2D eigenvalue weighted by atomic mass is 19.1. The molecule has 0 radical (unpaired) electrons. The Morgan fingerprint density at radius 2 is 2.06 bits per heavy atom. The Bertz CT molecular complexity index is 514. The minimum Gasteiger partial charge on any atom is -0.507 e. The van der Waals surface area contributed by atoms with Gasteiger partial charge in [0.2, 0.25) is 5.88 Å². The maximum Gasteiger partial charge on any atom is 0.213 e. The van der Waals surface area contributed by atoms with Crippen LogP contribution >= 0.6 is 0 Å². The molecule has 1 heterocycles. The first-order chi connectivity index (χ1) is 7.70. The molecule has 82 valence electrons. The fraction of sp³-hybridized carbons (Fsp3) is 0.0833. The third kappa shape index (κ3) is 1.95. The van der Waals surface area contributed by atoms with Crippen molar-refractivity contribution >= 4 is 0 Å². The molecule has 0 unspecified atom stereocenters. The van der Waals surface area contributed by atoms with Crippen molar-refractivity contribution in [2.24, 2.45) is 0 Å². The van der Waals surface area contributed by atoms with E-state index in [9.17, 15) is 9.50 Å². The largest absolute Gasteiger partial charge is 0.507 e. The van der Waals surface area contributed by atoms with E-state index in [1.54, 1.807) is 18.3 Å². The average molecular weight is 219 g/mol. The molecule has 0 spiro atoms. The number of ether oxygens (including phenoxy) is 1. The lowest BCUT2D eigenvalue weighted by Gasteiger charge is -2.06. The van der Waals surface area contributed by atoms with Crippen LogP contribution in [-0.4, -0.2) is 17.2 Å². The second-order valence-corrected chi connectivity index (χ2v) is 3.25. The number of halogens is 1. The highest BCUT2D eigenvalue weighted by molar-refractivity contribution is 5.70. The number of methoxy groups -OCH3 is 1. The predicted molar refractivity (Wildman–Crippen MR) is 57.8 cm³/mol. The molecular weight excluding hydrogens is 209 g/mol. The SMILES string of the molecule is COc1cc(-c2ccc(F)cc2O)ccn1. The molecule has 0 fully saturated rings. The van der Waals surface area contributed by atoms with Crippen molar-refractivity contribution in [1.29, 1.82) is 0 Å². The van der Waals surface area contributed by atoms with Crippen molar-refractivity contribution in [1.82, 2.24) is 4.98 Å². The first-order valence-electron chi connectivity index (χ1n) is 4.69. The second kappa shape index (κ2) is 4.18. The quantitative estimate of drug-likeness (QED) is 0.844. The van der Waals surface area contributed by atoms with Gasteiger partial charge in [-0.3, -0.25) is 0 Å². The smallest absolute Gasteiger partial charge is 0.213 e. The zero-order chi connectivity index (χ0) is 11.5. The van der Waals surface area contributed by atoms with Crippen LogP contribution in [0.4, 0.5) is 4.39 Å². The van der Waals surface area contributed by atoms with Crippen molar-refractivity contribution in [3.8, 4) is 22.8 Å². The number of aromatic hydroxyl groups is 1. The third-order valence-electron chi connectivity index (χ3n) is 2.21. The fourth-order valence-electron chi connectivity index (χ4n) is 1.44. The Morgan fingerprint density at radius 3 is 2.75 bits per heavy atom. The van der Waals surface area contributed by atoms with Gasteiger partial charge in [-0.2, -0.15) is 0 Å². The van der Waals surface area contributed by atoms with E-state index in [4.69, 9.17) is 4.74 Å². The summed E-state index contributed by atoms with van der Waals surface area (Å²) in [6.45, 7) is 0. The fourth-order valence-corrected chi connectivity index (χ4v) is 1.44. The van der Waals surface area contributed by atoms with Gasteiger partial charge in [-0.15, -0.1) is 0 Å². The molecule has 4 heteroatoms. The van der Waals surface area contributed by atoms with Crippen LogP contribution in [0.1, 0.15) is 0 Å². The van der Waals surface area contributed by atoms with Crippen LogP contribution < -0.4 is 4.74 Å². The van der Waals surface area contributed by atoms with E-state index in [1.165, 1.54) is 19.2 Å². The number of nitrogens with zero attached hydrogens (tertiary/aromatic N) is 1. The van der Waals surface area contributed by atoms with Crippen LogP contribution in [0.25, 0.3) is 11.1 Å². The summed E-state index contributed by atoms with van der Waals surface area (Å²) in [5.74, 6) is -0.128. The van der Waals surface area contributed by atoms with E-state index in [0.29, 0.717) is 11.4 Å². The highest BCUT2D eigenvalue weighted by Crippen LogP contribution is 2.30. The summed E-state index contributed by atoms with van der Waals surface area (Å²) in [6.07, 6.45) is 1.57. The Kier molecular flexibility index (Phi) is 2.72. The van der Waals surface area contributed by atoms with E-state index in [2.05, 4.69) is 4.98 Å². The molecule has 16 heavy (non-hydrogen) atoms. The lowest BCUT2D eigenvalue weighted by Crippen LogP contribution is -1.88. The minimum absolute atomic E-state index is 0.103. The zero-order valence-electron chi connectivity index (χ0n) is 8.64. The van der Waals surface area contributed by atoms with E-state index < -0.39 is 5.82 Å². The van der Waals surface area contributed by atoms with Gasteiger partial charge in [0.1, 0.15) is 11.6 Å². The molecule has 1 aromatic heterocycles. The van der Waals surface area contributed by atoms with Gasteiger partial charge in [0.05, 0.1) is 7.11 Å². The number of phenols is 1. The van der Waals surface area contributed by atoms with Gasteiger partial charge in [-0.05, 0) is 23.8 Å². The normalized spacial score (nSPS) is 10.1. The van der Waals surface area contributed by atoms with Crippen LogP contribution in [0.2, 0.25) is 0 Å². The molecular formula is C12H10FNO2. The van der Waals surface area contributed by atoms with Crippen molar-refractivity contribution in [3.63, 3.8) is 0 Å². The molecule has 1 aromatic carbocycles. The summed E-state index contributed by atoms with van der Waals surface area (Å²) >= 11 is 0. The van der Waals surface area contributed by atoms with E-state index in [0.717, 1.165) is 11.6 Å². The van der Waals surface area contributed by atoms with Gasteiger partial charge < -0.3 is 9.84 Å². The number of rotatable bonds is 2. The van der Waals surface area contributed by atoms with Gasteiger partial charge in [-0.1, -0.05) is 0 Å². The molecule has 2 aromatic rings. The Morgan fingerprint density at radius 1 is 1.25 bits per heavy atom. The first kappa shape index (κ1) is 10.4. The topological polar surface area (TPSA) is 42.4 Å². The van der Waals surface area contributed by atoms with Crippen LogP contribution in [-0.2, 0) is 0 Å². The van der Waals surface area contributed by atoms with E-state index >= 15 is 0 Å². The number of benzene rings is 1. The molecule has 0 amide bonds. The summed E-state index contributed by atoms with van der Waals surface area (Å²) in [6, 6.07) is 7.27. The van der Waals surface area contributed by atoms with Crippen molar-refractivity contribution in [2.45, 2.75) is 0 Å². The number of pyridine rings is 1. The van der Waals surface area contributed by atoms with Crippen LogP contribution in [0, 0.1) is 5.82 Å². The maximum absolute atomic E-state index is 12.8. The first-order valence-corrected chi connectivity index (χ1v) is 4.69. The van der Waals surface area contributed by atoms with Crippen LogP contribution in [0.3, 0.4) is 0 Å². The molecule has 3 nitrogen and oxygen atoms in total. The molecule has 0 atom stereocenters.